The highest BCUT2D eigenvalue weighted by atomic mass is 16.5. The Labute approximate surface area is 177 Å². The molecule has 1 atom stereocenters. The van der Waals surface area contributed by atoms with Gasteiger partial charge in [-0.05, 0) is 43.5 Å². The summed E-state index contributed by atoms with van der Waals surface area (Å²) in [6, 6.07) is 10.6. The Kier molecular flexibility index (Phi) is 6.72. The van der Waals surface area contributed by atoms with Crippen molar-refractivity contribution >= 4 is 5.91 Å². The van der Waals surface area contributed by atoms with Crippen LogP contribution in [-0.2, 0) is 17.8 Å². The fourth-order valence-electron chi connectivity index (χ4n) is 4.28. The SMILES string of the molecule is N#Cc1cccc(CN2CCCCC2CCn2cc(C(=O)N3CCOCC3)nn2)c1. The number of carbonyl (C=O) groups is 1. The number of likely N-dealkylation sites (tertiary alicyclic amines) is 1. The lowest BCUT2D eigenvalue weighted by Crippen LogP contribution is -2.40. The largest absolute Gasteiger partial charge is 0.378 e. The zero-order chi connectivity index (χ0) is 20.8. The number of hydrogen-bond donors (Lipinski definition) is 0. The second-order valence-corrected chi connectivity index (χ2v) is 7.99. The maximum Gasteiger partial charge on any atom is 0.276 e. The minimum absolute atomic E-state index is 0.0683. The lowest BCUT2D eigenvalue weighted by molar-refractivity contribution is 0.0299. The summed E-state index contributed by atoms with van der Waals surface area (Å²) in [7, 11) is 0. The molecule has 8 heteroatoms. The average molecular weight is 409 g/mol. The fourth-order valence-corrected chi connectivity index (χ4v) is 4.28. The van der Waals surface area contributed by atoms with Gasteiger partial charge < -0.3 is 9.64 Å². The molecule has 2 saturated heterocycles. The Bertz CT molecular complexity index is 899. The monoisotopic (exact) mass is 408 g/mol. The number of hydrogen-bond acceptors (Lipinski definition) is 6. The molecule has 1 amide bonds. The molecule has 158 valence electrons. The molecular formula is C22H28N6O2. The topological polar surface area (TPSA) is 87.3 Å². The van der Waals surface area contributed by atoms with E-state index in [0.29, 0.717) is 43.6 Å². The van der Waals surface area contributed by atoms with Crippen LogP contribution in [0.3, 0.4) is 0 Å². The molecule has 30 heavy (non-hydrogen) atoms. The van der Waals surface area contributed by atoms with Crippen LogP contribution in [0.4, 0.5) is 0 Å². The summed E-state index contributed by atoms with van der Waals surface area (Å²) >= 11 is 0. The molecule has 8 nitrogen and oxygen atoms in total. The zero-order valence-corrected chi connectivity index (χ0v) is 17.2. The average Bonchev–Trinajstić information content (AvgIpc) is 3.28. The molecule has 4 rings (SSSR count). The predicted octanol–water partition coefficient (Wildman–Crippen LogP) is 2.07. The summed E-state index contributed by atoms with van der Waals surface area (Å²) in [6.07, 6.45) is 6.33. The van der Waals surface area contributed by atoms with Gasteiger partial charge in [0.15, 0.2) is 5.69 Å². The van der Waals surface area contributed by atoms with E-state index in [2.05, 4.69) is 27.3 Å². The Hall–Kier alpha value is -2.76. The molecule has 1 unspecified atom stereocenters. The van der Waals surface area contributed by atoms with E-state index in [1.165, 1.54) is 18.4 Å². The zero-order valence-electron chi connectivity index (χ0n) is 17.2. The van der Waals surface area contributed by atoms with E-state index in [4.69, 9.17) is 10.00 Å². The number of rotatable bonds is 6. The second-order valence-electron chi connectivity index (χ2n) is 7.99. The molecule has 2 fully saturated rings. The molecule has 1 aromatic heterocycles. The third-order valence-electron chi connectivity index (χ3n) is 5.94. The van der Waals surface area contributed by atoms with Crippen molar-refractivity contribution in [2.24, 2.45) is 0 Å². The predicted molar refractivity (Wildman–Crippen MR) is 111 cm³/mol. The van der Waals surface area contributed by atoms with E-state index in [1.807, 2.05) is 18.2 Å². The molecule has 0 saturated carbocycles. The van der Waals surface area contributed by atoms with Gasteiger partial charge in [-0.2, -0.15) is 5.26 Å². The van der Waals surface area contributed by atoms with Crippen LogP contribution in [0.5, 0.6) is 0 Å². The number of carbonyl (C=O) groups excluding carboxylic acids is 1. The van der Waals surface area contributed by atoms with Gasteiger partial charge in [0, 0.05) is 32.2 Å². The van der Waals surface area contributed by atoms with Crippen molar-refractivity contribution in [2.75, 3.05) is 32.8 Å². The van der Waals surface area contributed by atoms with E-state index in [9.17, 15) is 4.79 Å². The van der Waals surface area contributed by atoms with Gasteiger partial charge in [0.25, 0.3) is 5.91 Å². The molecule has 0 aliphatic carbocycles. The Morgan fingerprint density at radius 3 is 2.93 bits per heavy atom. The fraction of sp³-hybridized carbons (Fsp3) is 0.545. The normalized spacial score (nSPS) is 20.1. The van der Waals surface area contributed by atoms with Gasteiger partial charge in [0.2, 0.25) is 0 Å². The Morgan fingerprint density at radius 2 is 2.10 bits per heavy atom. The van der Waals surface area contributed by atoms with E-state index < -0.39 is 0 Å². The summed E-state index contributed by atoms with van der Waals surface area (Å²) in [4.78, 5) is 16.8. The van der Waals surface area contributed by atoms with Crippen LogP contribution in [0, 0.1) is 11.3 Å². The van der Waals surface area contributed by atoms with Crippen LogP contribution < -0.4 is 0 Å². The first-order valence-electron chi connectivity index (χ1n) is 10.7. The maximum atomic E-state index is 12.5. The van der Waals surface area contributed by atoms with Crippen LogP contribution in [-0.4, -0.2) is 69.6 Å². The van der Waals surface area contributed by atoms with Gasteiger partial charge >= 0.3 is 0 Å². The summed E-state index contributed by atoms with van der Waals surface area (Å²) in [5.41, 5.74) is 2.30. The molecule has 3 heterocycles. The van der Waals surface area contributed by atoms with Crippen molar-refractivity contribution < 1.29 is 9.53 Å². The summed E-state index contributed by atoms with van der Waals surface area (Å²) in [5, 5.41) is 17.4. The molecule has 0 N–H and O–H groups in total. The molecule has 2 aliphatic rings. The molecule has 0 radical (unpaired) electrons. The highest BCUT2D eigenvalue weighted by Gasteiger charge is 2.24. The van der Waals surface area contributed by atoms with E-state index in [0.717, 1.165) is 32.5 Å². The summed E-state index contributed by atoms with van der Waals surface area (Å²) in [6.45, 7) is 5.04. The number of benzene rings is 1. The molecular weight excluding hydrogens is 380 g/mol. The molecule has 2 aromatic rings. The number of aryl methyl sites for hydroxylation is 1. The number of piperidine rings is 1. The first kappa shape index (κ1) is 20.5. The van der Waals surface area contributed by atoms with E-state index >= 15 is 0 Å². The van der Waals surface area contributed by atoms with Crippen molar-refractivity contribution in [2.45, 2.75) is 44.8 Å². The molecule has 0 bridgehead atoms. The van der Waals surface area contributed by atoms with E-state index in [1.54, 1.807) is 15.8 Å². The Balaban J connectivity index is 1.34. The molecule has 1 aromatic carbocycles. The number of ether oxygens (including phenoxy) is 1. The third kappa shape index (κ3) is 5.04. The number of morpholine rings is 1. The highest BCUT2D eigenvalue weighted by Crippen LogP contribution is 2.23. The van der Waals surface area contributed by atoms with Crippen molar-refractivity contribution in [1.82, 2.24) is 24.8 Å². The smallest absolute Gasteiger partial charge is 0.276 e. The van der Waals surface area contributed by atoms with Gasteiger partial charge in [-0.15, -0.1) is 5.10 Å². The Morgan fingerprint density at radius 1 is 1.23 bits per heavy atom. The number of nitriles is 1. The van der Waals surface area contributed by atoms with Crippen molar-refractivity contribution in [3.63, 3.8) is 0 Å². The summed E-state index contributed by atoms with van der Waals surface area (Å²) in [5.74, 6) is -0.0683. The minimum Gasteiger partial charge on any atom is -0.378 e. The standard InChI is InChI=1S/C22H28N6O2/c23-15-18-4-3-5-19(14-18)16-27-8-2-1-6-20(27)7-9-28-17-21(24-25-28)22(29)26-10-12-30-13-11-26/h3-5,14,17,20H,1-2,6-13,16H2. The van der Waals surface area contributed by atoms with Gasteiger partial charge in [0.1, 0.15) is 0 Å². The van der Waals surface area contributed by atoms with Crippen LogP contribution >= 0.6 is 0 Å². The van der Waals surface area contributed by atoms with Crippen LogP contribution in [0.2, 0.25) is 0 Å². The van der Waals surface area contributed by atoms with Crippen molar-refractivity contribution in [3.8, 4) is 6.07 Å². The number of aromatic nitrogens is 3. The first-order chi connectivity index (χ1) is 14.7. The van der Waals surface area contributed by atoms with E-state index in [-0.39, 0.29) is 5.91 Å². The lowest BCUT2D eigenvalue weighted by atomic mass is 9.98. The third-order valence-corrected chi connectivity index (χ3v) is 5.94. The van der Waals surface area contributed by atoms with Gasteiger partial charge in [0.05, 0.1) is 31.0 Å². The van der Waals surface area contributed by atoms with Gasteiger partial charge in [-0.1, -0.05) is 23.8 Å². The molecule has 0 spiro atoms. The minimum atomic E-state index is -0.0683. The summed E-state index contributed by atoms with van der Waals surface area (Å²) < 4.78 is 7.10. The van der Waals surface area contributed by atoms with Gasteiger partial charge in [-0.25, -0.2) is 0 Å². The lowest BCUT2D eigenvalue weighted by Gasteiger charge is -2.35. The molecule has 2 aliphatic heterocycles. The second kappa shape index (κ2) is 9.83. The first-order valence-corrected chi connectivity index (χ1v) is 10.7. The quantitative estimate of drug-likeness (QED) is 0.727. The maximum absolute atomic E-state index is 12.5. The number of amides is 1. The van der Waals surface area contributed by atoms with Crippen molar-refractivity contribution in [3.05, 3.63) is 47.3 Å². The number of nitrogens with zero attached hydrogens (tertiary/aromatic N) is 6. The van der Waals surface area contributed by atoms with Crippen LogP contribution in [0.15, 0.2) is 30.5 Å². The van der Waals surface area contributed by atoms with Crippen LogP contribution in [0.25, 0.3) is 0 Å². The van der Waals surface area contributed by atoms with Crippen LogP contribution in [0.1, 0.15) is 47.3 Å². The van der Waals surface area contributed by atoms with Gasteiger partial charge in [-0.3, -0.25) is 14.4 Å². The van der Waals surface area contributed by atoms with Crippen molar-refractivity contribution in [1.29, 1.82) is 5.26 Å². The highest BCUT2D eigenvalue weighted by molar-refractivity contribution is 5.91.